The van der Waals surface area contributed by atoms with Gasteiger partial charge in [-0.3, -0.25) is 9.59 Å². The standard InChI is InChI=1S/C14H20N2O3/c1-10(18)11-8-13(15-9-11)14(19)16(6-7-17)12-4-2-3-5-12/h8-9,12,15,17H,2-7H2,1H3. The third-order valence-electron chi connectivity index (χ3n) is 3.69. The third kappa shape index (κ3) is 3.04. The summed E-state index contributed by atoms with van der Waals surface area (Å²) < 4.78 is 0. The number of nitrogens with zero attached hydrogens (tertiary/aromatic N) is 1. The van der Waals surface area contributed by atoms with E-state index >= 15 is 0 Å². The number of aromatic nitrogens is 1. The minimum absolute atomic E-state index is 0.0392. The van der Waals surface area contributed by atoms with Crippen molar-refractivity contribution in [2.45, 2.75) is 38.6 Å². The number of H-pyrrole nitrogens is 1. The summed E-state index contributed by atoms with van der Waals surface area (Å²) in [6, 6.07) is 1.80. The van der Waals surface area contributed by atoms with Gasteiger partial charge in [0.1, 0.15) is 5.69 Å². The number of aliphatic hydroxyl groups excluding tert-OH is 1. The maximum absolute atomic E-state index is 12.4. The first-order chi connectivity index (χ1) is 9.13. The van der Waals surface area contributed by atoms with E-state index in [1.165, 1.54) is 6.92 Å². The summed E-state index contributed by atoms with van der Waals surface area (Å²) in [6.07, 6.45) is 5.80. The molecule has 1 aliphatic rings. The molecule has 1 amide bonds. The van der Waals surface area contributed by atoms with Crippen molar-refractivity contribution in [3.63, 3.8) is 0 Å². The minimum atomic E-state index is -0.131. The van der Waals surface area contributed by atoms with Gasteiger partial charge in [-0.05, 0) is 25.8 Å². The van der Waals surface area contributed by atoms with Crippen LogP contribution in [0, 0.1) is 0 Å². The molecule has 0 unspecified atom stereocenters. The highest BCUT2D eigenvalue weighted by molar-refractivity contribution is 5.99. The molecule has 104 valence electrons. The van der Waals surface area contributed by atoms with E-state index in [1.807, 2.05) is 0 Å². The van der Waals surface area contributed by atoms with Gasteiger partial charge in [0.05, 0.1) is 6.61 Å². The highest BCUT2D eigenvalue weighted by atomic mass is 16.3. The van der Waals surface area contributed by atoms with Crippen LogP contribution in [0.3, 0.4) is 0 Å². The fourth-order valence-electron chi connectivity index (χ4n) is 2.65. The number of carbonyl (C=O) groups excluding carboxylic acids is 2. The van der Waals surface area contributed by atoms with Gasteiger partial charge in [0.15, 0.2) is 5.78 Å². The van der Waals surface area contributed by atoms with Crippen LogP contribution in [0.5, 0.6) is 0 Å². The van der Waals surface area contributed by atoms with Crippen LogP contribution in [0.25, 0.3) is 0 Å². The zero-order chi connectivity index (χ0) is 13.8. The predicted molar refractivity (Wildman–Crippen MR) is 71.2 cm³/mol. The SMILES string of the molecule is CC(=O)c1c[nH]c(C(=O)N(CCO)C2CCCC2)c1. The van der Waals surface area contributed by atoms with Crippen LogP contribution in [0.2, 0.25) is 0 Å². The van der Waals surface area contributed by atoms with E-state index in [-0.39, 0.29) is 24.3 Å². The van der Waals surface area contributed by atoms with Crippen molar-refractivity contribution in [2.75, 3.05) is 13.2 Å². The number of hydrogen-bond acceptors (Lipinski definition) is 3. The van der Waals surface area contributed by atoms with E-state index in [4.69, 9.17) is 5.11 Å². The fourth-order valence-corrected chi connectivity index (χ4v) is 2.65. The van der Waals surface area contributed by atoms with Crippen LogP contribution in [-0.4, -0.2) is 45.9 Å². The molecule has 0 bridgehead atoms. The number of carbonyl (C=O) groups is 2. The van der Waals surface area contributed by atoms with Crippen LogP contribution in [0.1, 0.15) is 53.5 Å². The highest BCUT2D eigenvalue weighted by Gasteiger charge is 2.27. The molecule has 5 nitrogen and oxygen atoms in total. The molecule has 0 aromatic carbocycles. The van der Waals surface area contributed by atoms with E-state index in [0.717, 1.165) is 25.7 Å². The second-order valence-electron chi connectivity index (χ2n) is 5.02. The van der Waals surface area contributed by atoms with Crippen molar-refractivity contribution in [1.29, 1.82) is 0 Å². The number of nitrogens with one attached hydrogen (secondary N) is 1. The van der Waals surface area contributed by atoms with Gasteiger partial charge in [-0.2, -0.15) is 0 Å². The molecule has 0 spiro atoms. The number of amides is 1. The van der Waals surface area contributed by atoms with E-state index in [9.17, 15) is 9.59 Å². The molecule has 0 radical (unpaired) electrons. The molecule has 0 saturated heterocycles. The van der Waals surface area contributed by atoms with Gasteiger partial charge in [-0.15, -0.1) is 0 Å². The monoisotopic (exact) mass is 264 g/mol. The van der Waals surface area contributed by atoms with Crippen molar-refractivity contribution < 1.29 is 14.7 Å². The second-order valence-corrected chi connectivity index (χ2v) is 5.02. The Morgan fingerprint density at radius 1 is 1.42 bits per heavy atom. The molecule has 0 aliphatic heterocycles. The van der Waals surface area contributed by atoms with Gasteiger partial charge in [-0.1, -0.05) is 12.8 Å². The summed E-state index contributed by atoms with van der Waals surface area (Å²) in [5.41, 5.74) is 0.935. The smallest absolute Gasteiger partial charge is 0.270 e. The lowest BCUT2D eigenvalue weighted by Crippen LogP contribution is -2.40. The molecule has 2 N–H and O–H groups in total. The van der Waals surface area contributed by atoms with Crippen LogP contribution in [-0.2, 0) is 0 Å². The second kappa shape index (κ2) is 6.02. The van der Waals surface area contributed by atoms with Crippen LogP contribution in [0.15, 0.2) is 12.3 Å². The lowest BCUT2D eigenvalue weighted by molar-refractivity contribution is 0.0633. The summed E-state index contributed by atoms with van der Waals surface area (Å²) >= 11 is 0. The lowest BCUT2D eigenvalue weighted by Gasteiger charge is -2.27. The molecule has 0 atom stereocenters. The maximum atomic E-state index is 12.4. The number of rotatable bonds is 5. The zero-order valence-electron chi connectivity index (χ0n) is 11.2. The maximum Gasteiger partial charge on any atom is 0.270 e. The van der Waals surface area contributed by atoms with Crippen LogP contribution < -0.4 is 0 Å². The minimum Gasteiger partial charge on any atom is -0.395 e. The molecule has 1 saturated carbocycles. The molecule has 1 aliphatic carbocycles. The Balaban J connectivity index is 2.15. The Morgan fingerprint density at radius 2 is 2.11 bits per heavy atom. The first kappa shape index (κ1) is 13.8. The van der Waals surface area contributed by atoms with E-state index in [1.54, 1.807) is 17.2 Å². The normalized spacial score (nSPS) is 15.7. The first-order valence-corrected chi connectivity index (χ1v) is 6.74. The Hall–Kier alpha value is -1.62. The van der Waals surface area contributed by atoms with Gasteiger partial charge in [0, 0.05) is 24.3 Å². The topological polar surface area (TPSA) is 73.4 Å². The summed E-state index contributed by atoms with van der Waals surface area (Å²) in [6.45, 7) is 1.78. The molecule has 1 aromatic heterocycles. The van der Waals surface area contributed by atoms with Gasteiger partial charge in [-0.25, -0.2) is 0 Å². The van der Waals surface area contributed by atoms with Crippen molar-refractivity contribution in [2.24, 2.45) is 0 Å². The lowest BCUT2D eigenvalue weighted by atomic mass is 10.2. The summed E-state index contributed by atoms with van der Waals surface area (Å²) in [7, 11) is 0. The average Bonchev–Trinajstić information content (AvgIpc) is 3.05. The first-order valence-electron chi connectivity index (χ1n) is 6.74. The molecule has 2 rings (SSSR count). The van der Waals surface area contributed by atoms with Gasteiger partial charge in [0.2, 0.25) is 0 Å². The van der Waals surface area contributed by atoms with Crippen molar-refractivity contribution in [3.05, 3.63) is 23.5 Å². The Morgan fingerprint density at radius 3 is 2.63 bits per heavy atom. The van der Waals surface area contributed by atoms with E-state index in [0.29, 0.717) is 17.8 Å². The largest absolute Gasteiger partial charge is 0.395 e. The van der Waals surface area contributed by atoms with Crippen molar-refractivity contribution in [1.82, 2.24) is 9.88 Å². The summed E-state index contributed by atoms with van der Waals surface area (Å²) in [5.74, 6) is -0.196. The van der Waals surface area contributed by atoms with Gasteiger partial charge in [0.25, 0.3) is 5.91 Å². The average molecular weight is 264 g/mol. The number of Topliss-reactive ketones (excluding diaryl/α,β-unsaturated/α-hetero) is 1. The Labute approximate surface area is 112 Å². The predicted octanol–water partition coefficient (Wildman–Crippen LogP) is 1.59. The molecular weight excluding hydrogens is 244 g/mol. The van der Waals surface area contributed by atoms with E-state index in [2.05, 4.69) is 4.98 Å². The number of ketones is 1. The quantitative estimate of drug-likeness (QED) is 0.793. The zero-order valence-corrected chi connectivity index (χ0v) is 11.2. The van der Waals surface area contributed by atoms with Crippen molar-refractivity contribution in [3.8, 4) is 0 Å². The molecule has 1 heterocycles. The summed E-state index contributed by atoms with van der Waals surface area (Å²) in [4.78, 5) is 28.3. The third-order valence-corrected chi connectivity index (χ3v) is 3.69. The van der Waals surface area contributed by atoms with Gasteiger partial charge >= 0.3 is 0 Å². The molecule has 5 heteroatoms. The van der Waals surface area contributed by atoms with Crippen LogP contribution >= 0.6 is 0 Å². The number of hydrogen-bond donors (Lipinski definition) is 2. The molecular formula is C14H20N2O3. The van der Waals surface area contributed by atoms with Gasteiger partial charge < -0.3 is 15.0 Å². The molecule has 19 heavy (non-hydrogen) atoms. The van der Waals surface area contributed by atoms with E-state index < -0.39 is 0 Å². The Bertz CT molecular complexity index is 461. The number of aliphatic hydroxyl groups is 1. The Kier molecular flexibility index (Phi) is 4.37. The number of aromatic amines is 1. The highest BCUT2D eigenvalue weighted by Crippen LogP contribution is 2.24. The molecule has 1 fully saturated rings. The fraction of sp³-hybridized carbons (Fsp3) is 0.571. The van der Waals surface area contributed by atoms with Crippen LogP contribution in [0.4, 0.5) is 0 Å². The van der Waals surface area contributed by atoms with Crippen molar-refractivity contribution >= 4 is 11.7 Å². The summed E-state index contributed by atoms with van der Waals surface area (Å²) in [5, 5.41) is 9.13. The molecule has 1 aromatic rings.